The average molecular weight is 343 g/mol. The van der Waals surface area contributed by atoms with E-state index in [0.29, 0.717) is 25.1 Å². The van der Waals surface area contributed by atoms with E-state index < -0.39 is 5.60 Å². The van der Waals surface area contributed by atoms with E-state index in [0.717, 1.165) is 50.2 Å². The summed E-state index contributed by atoms with van der Waals surface area (Å²) in [6.07, 6.45) is 3.32. The summed E-state index contributed by atoms with van der Waals surface area (Å²) in [7, 11) is 1.61. The SMILES string of the molecule is COc1ccc(C#N)cc1CN1CCCC(O)(C(=O)N2CCCC2)C1. The number of carbonyl (C=O) groups is 1. The lowest BCUT2D eigenvalue weighted by Gasteiger charge is -2.40. The number of rotatable bonds is 4. The fraction of sp³-hybridized carbons (Fsp3) is 0.579. The highest BCUT2D eigenvalue weighted by molar-refractivity contribution is 5.85. The Bertz CT molecular complexity index is 679. The largest absolute Gasteiger partial charge is 0.496 e. The number of piperidine rings is 1. The van der Waals surface area contributed by atoms with Gasteiger partial charge in [0.2, 0.25) is 0 Å². The lowest BCUT2D eigenvalue weighted by atomic mass is 9.91. The second-order valence-electron chi connectivity index (χ2n) is 6.98. The number of hydrogen-bond donors (Lipinski definition) is 1. The smallest absolute Gasteiger partial charge is 0.255 e. The highest BCUT2D eigenvalue weighted by Gasteiger charge is 2.43. The summed E-state index contributed by atoms with van der Waals surface area (Å²) in [5, 5.41) is 20.1. The zero-order chi connectivity index (χ0) is 17.9. The maximum Gasteiger partial charge on any atom is 0.255 e. The van der Waals surface area contributed by atoms with E-state index in [4.69, 9.17) is 10.00 Å². The maximum absolute atomic E-state index is 12.7. The predicted molar refractivity (Wildman–Crippen MR) is 93.0 cm³/mol. The number of nitriles is 1. The second-order valence-corrected chi connectivity index (χ2v) is 6.98. The van der Waals surface area contributed by atoms with Crippen molar-refractivity contribution in [3.05, 3.63) is 29.3 Å². The van der Waals surface area contributed by atoms with Crippen LogP contribution in [0.1, 0.15) is 36.8 Å². The average Bonchev–Trinajstić information content (AvgIpc) is 3.15. The minimum Gasteiger partial charge on any atom is -0.496 e. The molecule has 2 fully saturated rings. The van der Waals surface area contributed by atoms with Crippen molar-refractivity contribution < 1.29 is 14.6 Å². The van der Waals surface area contributed by atoms with Crippen molar-refractivity contribution in [1.82, 2.24) is 9.80 Å². The Morgan fingerprint density at radius 1 is 1.32 bits per heavy atom. The number of benzene rings is 1. The fourth-order valence-electron chi connectivity index (χ4n) is 3.86. The molecule has 1 aromatic rings. The van der Waals surface area contributed by atoms with E-state index in [9.17, 15) is 9.90 Å². The van der Waals surface area contributed by atoms with E-state index >= 15 is 0 Å². The monoisotopic (exact) mass is 343 g/mol. The van der Waals surface area contributed by atoms with E-state index in [1.165, 1.54) is 0 Å². The minimum absolute atomic E-state index is 0.132. The molecule has 0 bridgehead atoms. The van der Waals surface area contributed by atoms with Gasteiger partial charge in [0.15, 0.2) is 5.60 Å². The molecule has 2 heterocycles. The van der Waals surface area contributed by atoms with Crippen molar-refractivity contribution in [2.75, 3.05) is 33.3 Å². The minimum atomic E-state index is -1.30. The van der Waals surface area contributed by atoms with Gasteiger partial charge < -0.3 is 14.7 Å². The molecular formula is C19H25N3O3. The van der Waals surface area contributed by atoms with Crippen LogP contribution in [0.5, 0.6) is 5.75 Å². The first-order valence-electron chi connectivity index (χ1n) is 8.87. The molecule has 1 atom stereocenters. The Hall–Kier alpha value is -2.10. The van der Waals surface area contributed by atoms with Crippen LogP contribution in [-0.2, 0) is 11.3 Å². The predicted octanol–water partition coefficient (Wildman–Crippen LogP) is 1.52. The molecule has 2 aliphatic heterocycles. The number of aliphatic hydroxyl groups is 1. The molecule has 6 nitrogen and oxygen atoms in total. The highest BCUT2D eigenvalue weighted by atomic mass is 16.5. The molecule has 0 aliphatic carbocycles. The van der Waals surface area contributed by atoms with Crippen LogP contribution in [0.2, 0.25) is 0 Å². The van der Waals surface area contributed by atoms with Gasteiger partial charge in [-0.25, -0.2) is 0 Å². The Morgan fingerprint density at radius 3 is 2.76 bits per heavy atom. The van der Waals surface area contributed by atoms with E-state index in [1.54, 1.807) is 24.1 Å². The third-order valence-electron chi connectivity index (χ3n) is 5.14. The van der Waals surface area contributed by atoms with Gasteiger partial charge in [-0.2, -0.15) is 5.26 Å². The van der Waals surface area contributed by atoms with Crippen molar-refractivity contribution in [2.24, 2.45) is 0 Å². The highest BCUT2D eigenvalue weighted by Crippen LogP contribution is 2.28. The van der Waals surface area contributed by atoms with Crippen molar-refractivity contribution in [2.45, 2.75) is 37.8 Å². The summed E-state index contributed by atoms with van der Waals surface area (Å²) in [5.74, 6) is 0.589. The van der Waals surface area contributed by atoms with Crippen LogP contribution in [-0.4, -0.2) is 59.7 Å². The molecule has 25 heavy (non-hydrogen) atoms. The molecule has 2 aliphatic rings. The standard InChI is InChI=1S/C19H25N3O3/c1-25-17-6-5-15(12-20)11-16(17)13-21-8-4-7-19(24,14-21)18(23)22-9-2-3-10-22/h5-6,11,24H,2-4,7-10,13-14H2,1H3. The number of hydrogen-bond acceptors (Lipinski definition) is 5. The van der Waals surface area contributed by atoms with Crippen molar-refractivity contribution in [3.63, 3.8) is 0 Å². The Morgan fingerprint density at radius 2 is 2.08 bits per heavy atom. The van der Waals surface area contributed by atoms with Gasteiger partial charge in [0.05, 0.1) is 18.7 Å². The number of amides is 1. The Balaban J connectivity index is 1.73. The van der Waals surface area contributed by atoms with Gasteiger partial charge in [-0.15, -0.1) is 0 Å². The Kier molecular flexibility index (Phi) is 5.26. The second kappa shape index (κ2) is 7.42. The van der Waals surface area contributed by atoms with Crippen molar-refractivity contribution >= 4 is 5.91 Å². The number of likely N-dealkylation sites (tertiary alicyclic amines) is 2. The van der Waals surface area contributed by atoms with E-state index in [2.05, 4.69) is 11.0 Å². The molecule has 1 N–H and O–H groups in total. The number of ether oxygens (including phenoxy) is 1. The Labute approximate surface area is 148 Å². The van der Waals surface area contributed by atoms with Crippen LogP contribution < -0.4 is 4.74 Å². The number of nitrogens with zero attached hydrogens (tertiary/aromatic N) is 3. The topological polar surface area (TPSA) is 76.8 Å². The van der Waals surface area contributed by atoms with Crippen LogP contribution >= 0.6 is 0 Å². The summed E-state index contributed by atoms with van der Waals surface area (Å²) in [6, 6.07) is 7.48. The quantitative estimate of drug-likeness (QED) is 0.897. The molecule has 0 saturated carbocycles. The fourth-order valence-corrected chi connectivity index (χ4v) is 3.86. The normalized spacial score (nSPS) is 24.1. The molecule has 2 saturated heterocycles. The van der Waals surface area contributed by atoms with Gasteiger partial charge in [-0.05, 0) is 50.4 Å². The molecule has 1 unspecified atom stereocenters. The molecular weight excluding hydrogens is 318 g/mol. The van der Waals surface area contributed by atoms with Crippen LogP contribution in [0.25, 0.3) is 0 Å². The van der Waals surface area contributed by atoms with Crippen LogP contribution in [0.4, 0.5) is 0 Å². The summed E-state index contributed by atoms with van der Waals surface area (Å²) in [6.45, 7) is 3.18. The molecule has 3 rings (SSSR count). The number of carbonyl (C=O) groups excluding carboxylic acids is 1. The molecule has 1 aromatic carbocycles. The van der Waals surface area contributed by atoms with Gasteiger partial charge in [0.25, 0.3) is 5.91 Å². The van der Waals surface area contributed by atoms with Crippen LogP contribution in [0.15, 0.2) is 18.2 Å². The lowest BCUT2D eigenvalue weighted by molar-refractivity contribution is -0.156. The number of β-amino-alcohol motifs (C(OH)–C–C–N with tert-alkyl or cyclic N) is 1. The molecule has 134 valence electrons. The van der Waals surface area contributed by atoms with E-state index in [-0.39, 0.29) is 5.91 Å². The lowest BCUT2D eigenvalue weighted by Crippen LogP contribution is -2.57. The third-order valence-corrected chi connectivity index (χ3v) is 5.14. The van der Waals surface area contributed by atoms with Gasteiger partial charge in [0, 0.05) is 31.7 Å². The zero-order valence-corrected chi connectivity index (χ0v) is 14.7. The third kappa shape index (κ3) is 3.78. The van der Waals surface area contributed by atoms with Gasteiger partial charge >= 0.3 is 0 Å². The number of methoxy groups -OCH3 is 1. The zero-order valence-electron chi connectivity index (χ0n) is 14.7. The molecule has 6 heteroatoms. The molecule has 0 radical (unpaired) electrons. The summed E-state index contributed by atoms with van der Waals surface area (Å²) in [4.78, 5) is 16.6. The van der Waals surface area contributed by atoms with Gasteiger partial charge in [-0.3, -0.25) is 9.69 Å². The molecule has 0 spiro atoms. The first-order chi connectivity index (χ1) is 12.1. The van der Waals surface area contributed by atoms with Gasteiger partial charge in [-0.1, -0.05) is 0 Å². The molecule has 0 aromatic heterocycles. The summed E-state index contributed by atoms with van der Waals surface area (Å²) >= 11 is 0. The first kappa shape index (κ1) is 17.7. The summed E-state index contributed by atoms with van der Waals surface area (Å²) < 4.78 is 5.39. The maximum atomic E-state index is 12.7. The van der Waals surface area contributed by atoms with Crippen LogP contribution in [0.3, 0.4) is 0 Å². The van der Waals surface area contributed by atoms with Gasteiger partial charge in [0.1, 0.15) is 5.75 Å². The molecule has 1 amide bonds. The van der Waals surface area contributed by atoms with E-state index in [1.807, 2.05) is 6.07 Å². The summed E-state index contributed by atoms with van der Waals surface area (Å²) in [5.41, 5.74) is 0.179. The van der Waals surface area contributed by atoms with Crippen LogP contribution in [0, 0.1) is 11.3 Å². The van der Waals surface area contributed by atoms with Crippen molar-refractivity contribution in [3.8, 4) is 11.8 Å². The van der Waals surface area contributed by atoms with Crippen molar-refractivity contribution in [1.29, 1.82) is 5.26 Å². The first-order valence-corrected chi connectivity index (χ1v) is 8.87.